The quantitative estimate of drug-likeness (QED) is 0.315. The van der Waals surface area contributed by atoms with Gasteiger partial charge in [-0.25, -0.2) is 0 Å². The summed E-state index contributed by atoms with van der Waals surface area (Å²) in [5.41, 5.74) is 2.39. The molecule has 0 spiro atoms. The second-order valence-corrected chi connectivity index (χ2v) is 11.8. The summed E-state index contributed by atoms with van der Waals surface area (Å²) in [6.45, 7) is 2.59. The van der Waals surface area contributed by atoms with Crippen molar-refractivity contribution in [3.63, 3.8) is 0 Å². The predicted octanol–water partition coefficient (Wildman–Crippen LogP) is 5.60. The standard InChI is InChI=1S/C33H35BrN2O6/c1-21-8-11-25(12-9-21)36-29(37)15-13-26(30(36)22-10-14-27(40-2)28(18-22)41-3)31(38)35-17-16-33(20-35,32(39)42-4)23-6-5-7-24(34)19-23/h5-12,14,18-19,26,30H,13,15-17,20H2,1-4H3. The molecule has 8 nitrogen and oxygen atoms in total. The van der Waals surface area contributed by atoms with Crippen LogP contribution >= 0.6 is 15.9 Å². The molecule has 42 heavy (non-hydrogen) atoms. The zero-order valence-corrected chi connectivity index (χ0v) is 25.8. The second-order valence-electron chi connectivity index (χ2n) is 10.9. The minimum atomic E-state index is -0.978. The van der Waals surface area contributed by atoms with Gasteiger partial charge in [0, 0.05) is 29.7 Å². The third-order valence-corrected chi connectivity index (χ3v) is 9.00. The van der Waals surface area contributed by atoms with Crippen LogP contribution in [0.4, 0.5) is 5.69 Å². The molecule has 2 aliphatic rings. The van der Waals surface area contributed by atoms with Crippen LogP contribution in [0.5, 0.6) is 11.5 Å². The number of amides is 2. The predicted molar refractivity (Wildman–Crippen MR) is 163 cm³/mol. The van der Waals surface area contributed by atoms with Gasteiger partial charge in [0.05, 0.1) is 33.3 Å². The number of carbonyl (C=O) groups excluding carboxylic acids is 3. The summed E-state index contributed by atoms with van der Waals surface area (Å²) in [6, 6.07) is 20.3. The average molecular weight is 636 g/mol. The molecule has 2 fully saturated rings. The van der Waals surface area contributed by atoms with E-state index in [1.54, 1.807) is 30.1 Å². The van der Waals surface area contributed by atoms with Crippen molar-refractivity contribution in [3.8, 4) is 11.5 Å². The summed E-state index contributed by atoms with van der Waals surface area (Å²) in [5.74, 6) is 0.0148. The van der Waals surface area contributed by atoms with Gasteiger partial charge in [-0.15, -0.1) is 0 Å². The molecular weight excluding hydrogens is 600 g/mol. The zero-order valence-electron chi connectivity index (χ0n) is 24.3. The average Bonchev–Trinajstić information content (AvgIpc) is 3.47. The van der Waals surface area contributed by atoms with Crippen LogP contribution in [0.1, 0.15) is 42.0 Å². The highest BCUT2D eigenvalue weighted by atomic mass is 79.9. The van der Waals surface area contributed by atoms with Crippen LogP contribution in [0.25, 0.3) is 0 Å². The maximum atomic E-state index is 14.5. The van der Waals surface area contributed by atoms with Gasteiger partial charge in [0.25, 0.3) is 0 Å². The Labute approximate surface area is 254 Å². The molecule has 0 bridgehead atoms. The summed E-state index contributed by atoms with van der Waals surface area (Å²) < 4.78 is 17.2. The van der Waals surface area contributed by atoms with Crippen molar-refractivity contribution < 1.29 is 28.6 Å². The number of esters is 1. The van der Waals surface area contributed by atoms with E-state index in [2.05, 4.69) is 15.9 Å². The number of benzene rings is 3. The number of hydrogen-bond acceptors (Lipinski definition) is 6. The van der Waals surface area contributed by atoms with E-state index in [4.69, 9.17) is 14.2 Å². The van der Waals surface area contributed by atoms with Gasteiger partial charge < -0.3 is 24.0 Å². The molecule has 0 saturated carbocycles. The van der Waals surface area contributed by atoms with Crippen molar-refractivity contribution in [2.24, 2.45) is 5.92 Å². The van der Waals surface area contributed by atoms with Gasteiger partial charge in [-0.3, -0.25) is 14.4 Å². The molecule has 0 radical (unpaired) electrons. The lowest BCUT2D eigenvalue weighted by atomic mass is 9.79. The highest BCUT2D eigenvalue weighted by Crippen LogP contribution is 2.45. The zero-order chi connectivity index (χ0) is 30.0. The Morgan fingerprint density at radius 2 is 1.69 bits per heavy atom. The van der Waals surface area contributed by atoms with Gasteiger partial charge in [0.15, 0.2) is 11.5 Å². The number of anilines is 1. The molecule has 3 unspecified atom stereocenters. The number of methoxy groups -OCH3 is 3. The van der Waals surface area contributed by atoms with Gasteiger partial charge in [-0.05, 0) is 67.3 Å². The Bertz CT molecular complexity index is 1490. The van der Waals surface area contributed by atoms with E-state index in [1.165, 1.54) is 7.11 Å². The fourth-order valence-corrected chi connectivity index (χ4v) is 6.71. The SMILES string of the molecule is COC(=O)C1(c2cccc(Br)c2)CCN(C(=O)C2CCC(=O)N(c3ccc(C)cc3)C2c2ccc(OC)c(OC)c2)C1. The summed E-state index contributed by atoms with van der Waals surface area (Å²) >= 11 is 3.52. The van der Waals surface area contributed by atoms with Crippen LogP contribution in [-0.2, 0) is 24.5 Å². The van der Waals surface area contributed by atoms with Gasteiger partial charge in [-0.1, -0.05) is 51.8 Å². The number of carbonyl (C=O) groups is 3. The molecule has 220 valence electrons. The Hall–Kier alpha value is -3.85. The molecule has 3 atom stereocenters. The van der Waals surface area contributed by atoms with Gasteiger partial charge in [0.2, 0.25) is 11.8 Å². The molecule has 5 rings (SSSR count). The number of likely N-dealkylation sites (tertiary alicyclic amines) is 1. The van der Waals surface area contributed by atoms with Crippen molar-refractivity contribution in [3.05, 3.63) is 87.9 Å². The molecular formula is C33H35BrN2O6. The van der Waals surface area contributed by atoms with Crippen LogP contribution in [0.3, 0.4) is 0 Å². The van der Waals surface area contributed by atoms with Gasteiger partial charge >= 0.3 is 5.97 Å². The second kappa shape index (κ2) is 12.2. The highest BCUT2D eigenvalue weighted by Gasteiger charge is 2.51. The maximum absolute atomic E-state index is 14.5. The summed E-state index contributed by atoms with van der Waals surface area (Å²) in [7, 11) is 4.51. The number of ether oxygens (including phenoxy) is 3. The lowest BCUT2D eigenvalue weighted by Gasteiger charge is -2.42. The van der Waals surface area contributed by atoms with Crippen molar-refractivity contribution in [2.75, 3.05) is 39.3 Å². The van der Waals surface area contributed by atoms with Crippen molar-refractivity contribution >= 4 is 39.4 Å². The summed E-state index contributed by atoms with van der Waals surface area (Å²) in [4.78, 5) is 44.8. The molecule has 3 aromatic carbocycles. The molecule has 0 N–H and O–H groups in total. The monoisotopic (exact) mass is 634 g/mol. The van der Waals surface area contributed by atoms with Crippen molar-refractivity contribution in [1.29, 1.82) is 0 Å². The Morgan fingerprint density at radius 3 is 2.36 bits per heavy atom. The van der Waals surface area contributed by atoms with Crippen LogP contribution in [0.2, 0.25) is 0 Å². The number of piperidine rings is 1. The van der Waals surface area contributed by atoms with Crippen LogP contribution in [0.15, 0.2) is 71.2 Å². The minimum Gasteiger partial charge on any atom is -0.493 e. The normalized spacial score (nSPS) is 22.2. The number of hydrogen-bond donors (Lipinski definition) is 0. The van der Waals surface area contributed by atoms with Crippen molar-refractivity contribution in [2.45, 2.75) is 37.6 Å². The Kier molecular flexibility index (Phi) is 8.59. The minimum absolute atomic E-state index is 0.0536. The van der Waals surface area contributed by atoms with Gasteiger partial charge in [-0.2, -0.15) is 0 Å². The molecule has 0 aliphatic carbocycles. The first-order chi connectivity index (χ1) is 20.2. The fourth-order valence-electron chi connectivity index (χ4n) is 6.31. The third kappa shape index (κ3) is 5.38. The number of aryl methyl sites for hydroxylation is 1. The number of halogens is 1. The molecule has 3 aromatic rings. The first kappa shape index (κ1) is 29.6. The van der Waals surface area contributed by atoms with Crippen LogP contribution < -0.4 is 14.4 Å². The van der Waals surface area contributed by atoms with E-state index in [0.29, 0.717) is 30.9 Å². The topological polar surface area (TPSA) is 85.4 Å². The summed E-state index contributed by atoms with van der Waals surface area (Å²) in [5, 5.41) is 0. The highest BCUT2D eigenvalue weighted by molar-refractivity contribution is 9.10. The Balaban J connectivity index is 1.56. The maximum Gasteiger partial charge on any atom is 0.318 e. The van der Waals surface area contributed by atoms with Crippen LogP contribution in [0, 0.1) is 12.8 Å². The van der Waals surface area contributed by atoms with E-state index < -0.39 is 17.4 Å². The van der Waals surface area contributed by atoms with E-state index in [0.717, 1.165) is 26.9 Å². The van der Waals surface area contributed by atoms with E-state index in [-0.39, 0.29) is 30.7 Å². The lowest BCUT2D eigenvalue weighted by Crippen LogP contribution is -2.50. The first-order valence-corrected chi connectivity index (χ1v) is 14.8. The molecule has 2 amide bonds. The molecule has 2 saturated heterocycles. The van der Waals surface area contributed by atoms with Crippen molar-refractivity contribution in [1.82, 2.24) is 4.90 Å². The largest absolute Gasteiger partial charge is 0.493 e. The molecule has 2 heterocycles. The smallest absolute Gasteiger partial charge is 0.318 e. The fraction of sp³-hybridized carbons (Fsp3) is 0.364. The Morgan fingerprint density at radius 1 is 0.952 bits per heavy atom. The molecule has 2 aliphatic heterocycles. The van der Waals surface area contributed by atoms with Gasteiger partial charge in [0.1, 0.15) is 5.41 Å². The van der Waals surface area contributed by atoms with Crippen LogP contribution in [-0.4, -0.2) is 57.1 Å². The number of rotatable bonds is 7. The van der Waals surface area contributed by atoms with E-state index >= 15 is 0 Å². The van der Waals surface area contributed by atoms with E-state index in [9.17, 15) is 14.4 Å². The first-order valence-electron chi connectivity index (χ1n) is 14.0. The number of nitrogens with zero attached hydrogens (tertiary/aromatic N) is 2. The summed E-state index contributed by atoms with van der Waals surface area (Å²) in [6.07, 6.45) is 1.06. The molecule has 9 heteroatoms. The van der Waals surface area contributed by atoms with E-state index in [1.807, 2.05) is 67.6 Å². The molecule has 0 aromatic heterocycles. The third-order valence-electron chi connectivity index (χ3n) is 8.51. The lowest BCUT2D eigenvalue weighted by molar-refractivity contribution is -0.147.